The van der Waals surface area contributed by atoms with Crippen molar-refractivity contribution < 1.29 is 8.81 Å². The van der Waals surface area contributed by atoms with Crippen LogP contribution in [-0.2, 0) is 6.54 Å². The summed E-state index contributed by atoms with van der Waals surface area (Å²) in [6.45, 7) is 0.165. The molecule has 96 valence electrons. The fourth-order valence-electron chi connectivity index (χ4n) is 1.98. The van der Waals surface area contributed by atoms with Gasteiger partial charge in [0, 0.05) is 9.13 Å². The van der Waals surface area contributed by atoms with Gasteiger partial charge < -0.3 is 4.42 Å². The number of oxazole rings is 1. The van der Waals surface area contributed by atoms with Crippen LogP contribution in [0.25, 0.3) is 11.1 Å². The molecule has 0 atom stereocenters. The molecule has 0 spiro atoms. The maximum atomic E-state index is 13.6. The third kappa shape index (κ3) is 2.30. The molecule has 19 heavy (non-hydrogen) atoms. The van der Waals surface area contributed by atoms with Crippen molar-refractivity contribution >= 4 is 33.7 Å². The van der Waals surface area contributed by atoms with Crippen LogP contribution in [-0.4, -0.2) is 4.57 Å². The van der Waals surface area contributed by atoms with Gasteiger partial charge >= 0.3 is 5.76 Å². The normalized spacial score (nSPS) is 11.1. The van der Waals surface area contributed by atoms with Gasteiger partial charge in [-0.15, -0.1) is 0 Å². The Kier molecular flexibility index (Phi) is 3.14. The van der Waals surface area contributed by atoms with Crippen LogP contribution in [0.5, 0.6) is 0 Å². The van der Waals surface area contributed by atoms with Crippen LogP contribution in [0.3, 0.4) is 0 Å². The Morgan fingerprint density at radius 1 is 1.21 bits per heavy atom. The Hall–Kier alpha value is -1.63. The molecule has 0 aliphatic carbocycles. The predicted molar refractivity (Wildman–Crippen MR) is 78.7 cm³/mol. The number of aromatic nitrogens is 1. The fourth-order valence-corrected chi connectivity index (χ4v) is 2.46. The Morgan fingerprint density at radius 2 is 2.00 bits per heavy atom. The lowest BCUT2D eigenvalue weighted by Crippen LogP contribution is -2.15. The van der Waals surface area contributed by atoms with Crippen LogP contribution in [0.4, 0.5) is 4.39 Å². The van der Waals surface area contributed by atoms with E-state index in [-0.39, 0.29) is 12.4 Å². The van der Waals surface area contributed by atoms with Crippen molar-refractivity contribution in [1.29, 1.82) is 0 Å². The van der Waals surface area contributed by atoms with Gasteiger partial charge in [-0.05, 0) is 46.9 Å². The molecule has 0 saturated carbocycles. The topological polar surface area (TPSA) is 35.1 Å². The molecule has 0 unspecified atom stereocenters. The lowest BCUT2D eigenvalue weighted by molar-refractivity contribution is 0.512. The number of rotatable bonds is 2. The van der Waals surface area contributed by atoms with Gasteiger partial charge in [0.25, 0.3) is 0 Å². The lowest BCUT2D eigenvalue weighted by atomic mass is 10.2. The SMILES string of the molecule is O=c1oc2ccc(I)cc2n1Cc1ccccc1F. The summed E-state index contributed by atoms with van der Waals surface area (Å²) in [5, 5.41) is 0. The number of nitrogens with zero attached hydrogens (tertiary/aromatic N) is 1. The van der Waals surface area contributed by atoms with E-state index >= 15 is 0 Å². The van der Waals surface area contributed by atoms with Crippen molar-refractivity contribution in [2.24, 2.45) is 0 Å². The zero-order valence-electron chi connectivity index (χ0n) is 9.77. The summed E-state index contributed by atoms with van der Waals surface area (Å²) in [5.41, 5.74) is 1.66. The molecule has 5 heteroatoms. The van der Waals surface area contributed by atoms with Crippen LogP contribution in [0.1, 0.15) is 5.56 Å². The first-order valence-electron chi connectivity index (χ1n) is 5.67. The van der Waals surface area contributed by atoms with Crippen LogP contribution < -0.4 is 5.76 Å². The summed E-state index contributed by atoms with van der Waals surface area (Å²) in [7, 11) is 0. The van der Waals surface area contributed by atoms with Crippen LogP contribution in [0.15, 0.2) is 51.7 Å². The molecule has 0 aliphatic rings. The lowest BCUT2D eigenvalue weighted by Gasteiger charge is -2.04. The van der Waals surface area contributed by atoms with Crippen molar-refractivity contribution in [3.63, 3.8) is 0 Å². The largest absolute Gasteiger partial charge is 0.420 e. The first-order valence-corrected chi connectivity index (χ1v) is 6.75. The minimum atomic E-state index is -0.472. The third-order valence-electron chi connectivity index (χ3n) is 2.92. The molecule has 0 fully saturated rings. The van der Waals surface area contributed by atoms with E-state index in [0.29, 0.717) is 16.7 Å². The van der Waals surface area contributed by atoms with Crippen molar-refractivity contribution in [3.8, 4) is 0 Å². The van der Waals surface area contributed by atoms with Gasteiger partial charge in [-0.1, -0.05) is 18.2 Å². The van der Waals surface area contributed by atoms with Gasteiger partial charge in [0.05, 0.1) is 12.1 Å². The zero-order chi connectivity index (χ0) is 13.4. The first kappa shape index (κ1) is 12.4. The molecule has 1 heterocycles. The van der Waals surface area contributed by atoms with E-state index in [1.165, 1.54) is 10.6 Å². The Balaban J connectivity index is 2.15. The zero-order valence-corrected chi connectivity index (χ0v) is 11.9. The predicted octanol–water partition coefficient (Wildman–Crippen LogP) is 3.39. The van der Waals surface area contributed by atoms with Gasteiger partial charge in [-0.2, -0.15) is 0 Å². The quantitative estimate of drug-likeness (QED) is 0.650. The van der Waals surface area contributed by atoms with E-state index in [1.54, 1.807) is 24.3 Å². The minimum absolute atomic E-state index is 0.165. The molecule has 2 aromatic carbocycles. The van der Waals surface area contributed by atoms with Crippen LogP contribution in [0.2, 0.25) is 0 Å². The number of benzene rings is 2. The first-order chi connectivity index (χ1) is 9.15. The molecule has 3 nitrogen and oxygen atoms in total. The number of fused-ring (bicyclic) bond motifs is 1. The monoisotopic (exact) mass is 369 g/mol. The molecular weight excluding hydrogens is 360 g/mol. The smallest absolute Gasteiger partial charge is 0.408 e. The van der Waals surface area contributed by atoms with Gasteiger partial charge in [-0.25, -0.2) is 9.18 Å². The summed E-state index contributed by atoms with van der Waals surface area (Å²) < 4.78 is 21.2. The van der Waals surface area contributed by atoms with E-state index in [0.717, 1.165) is 3.57 Å². The standard InChI is InChI=1S/C14H9FINO2/c15-11-4-2-1-3-9(11)8-17-12-7-10(16)5-6-13(12)19-14(17)18/h1-7H,8H2. The molecular formula is C14H9FINO2. The van der Waals surface area contributed by atoms with Crippen molar-refractivity contribution in [3.05, 3.63) is 68.0 Å². The van der Waals surface area contributed by atoms with E-state index in [2.05, 4.69) is 22.6 Å². The summed E-state index contributed by atoms with van der Waals surface area (Å²) >= 11 is 2.16. The highest BCUT2D eigenvalue weighted by molar-refractivity contribution is 14.1. The summed E-state index contributed by atoms with van der Waals surface area (Å²) in [6.07, 6.45) is 0. The average Bonchev–Trinajstić information content (AvgIpc) is 2.69. The number of hydrogen-bond acceptors (Lipinski definition) is 2. The highest BCUT2D eigenvalue weighted by Gasteiger charge is 2.11. The molecule has 0 saturated heterocycles. The Morgan fingerprint density at radius 3 is 2.79 bits per heavy atom. The maximum Gasteiger partial charge on any atom is 0.420 e. The van der Waals surface area contributed by atoms with Crippen molar-refractivity contribution in [2.75, 3.05) is 0 Å². The van der Waals surface area contributed by atoms with Gasteiger partial charge in [0.15, 0.2) is 5.58 Å². The summed E-state index contributed by atoms with van der Waals surface area (Å²) in [6, 6.07) is 11.9. The van der Waals surface area contributed by atoms with Gasteiger partial charge in [0.1, 0.15) is 5.82 Å². The molecule has 0 radical (unpaired) electrons. The van der Waals surface area contributed by atoms with E-state index < -0.39 is 5.76 Å². The van der Waals surface area contributed by atoms with Crippen molar-refractivity contribution in [1.82, 2.24) is 4.57 Å². The second-order valence-electron chi connectivity index (χ2n) is 4.16. The van der Waals surface area contributed by atoms with Gasteiger partial charge in [0.2, 0.25) is 0 Å². The van der Waals surface area contributed by atoms with Crippen molar-refractivity contribution in [2.45, 2.75) is 6.54 Å². The second kappa shape index (κ2) is 4.80. The second-order valence-corrected chi connectivity index (χ2v) is 5.40. The summed E-state index contributed by atoms with van der Waals surface area (Å²) in [4.78, 5) is 11.8. The molecule has 3 aromatic rings. The average molecular weight is 369 g/mol. The summed E-state index contributed by atoms with van der Waals surface area (Å²) in [5.74, 6) is -0.797. The Bertz CT molecular complexity index is 807. The number of halogens is 2. The van der Waals surface area contributed by atoms with E-state index in [4.69, 9.17) is 4.42 Å². The molecule has 3 rings (SSSR count). The third-order valence-corrected chi connectivity index (χ3v) is 3.59. The molecule has 0 N–H and O–H groups in total. The molecule has 0 amide bonds. The molecule has 0 bridgehead atoms. The minimum Gasteiger partial charge on any atom is -0.408 e. The van der Waals surface area contributed by atoms with Crippen LogP contribution in [0, 0.1) is 9.39 Å². The maximum absolute atomic E-state index is 13.6. The van der Waals surface area contributed by atoms with Gasteiger partial charge in [-0.3, -0.25) is 4.57 Å². The molecule has 1 aromatic heterocycles. The van der Waals surface area contributed by atoms with E-state index in [9.17, 15) is 9.18 Å². The molecule has 0 aliphatic heterocycles. The Labute approximate surface area is 121 Å². The van der Waals surface area contributed by atoms with E-state index in [1.807, 2.05) is 12.1 Å². The highest BCUT2D eigenvalue weighted by atomic mass is 127. The fraction of sp³-hybridized carbons (Fsp3) is 0.0714. The highest BCUT2D eigenvalue weighted by Crippen LogP contribution is 2.18. The van der Waals surface area contributed by atoms with Crippen LogP contribution >= 0.6 is 22.6 Å². The number of hydrogen-bond donors (Lipinski definition) is 0.